The van der Waals surface area contributed by atoms with Crippen LogP contribution in [0.15, 0.2) is 0 Å². The second kappa shape index (κ2) is 6.20. The van der Waals surface area contributed by atoms with Gasteiger partial charge < -0.3 is 5.11 Å². The SMILES string of the molecule is CCN(CC(F)(F)F)S(=O)(=O)CCCC(=O)O. The van der Waals surface area contributed by atoms with Gasteiger partial charge in [-0.15, -0.1) is 0 Å². The first-order valence-corrected chi connectivity index (χ1v) is 6.46. The first-order valence-electron chi connectivity index (χ1n) is 4.85. The lowest BCUT2D eigenvalue weighted by Crippen LogP contribution is -2.40. The van der Waals surface area contributed by atoms with Crippen molar-refractivity contribution in [3.63, 3.8) is 0 Å². The second-order valence-electron chi connectivity index (χ2n) is 3.35. The highest BCUT2D eigenvalue weighted by atomic mass is 32.2. The van der Waals surface area contributed by atoms with Gasteiger partial charge in [0.2, 0.25) is 10.0 Å². The van der Waals surface area contributed by atoms with E-state index in [0.29, 0.717) is 4.31 Å². The molecule has 102 valence electrons. The van der Waals surface area contributed by atoms with Crippen LogP contribution in [-0.4, -0.2) is 48.8 Å². The van der Waals surface area contributed by atoms with Crippen LogP contribution in [0.3, 0.4) is 0 Å². The number of hydrogen-bond donors (Lipinski definition) is 1. The van der Waals surface area contributed by atoms with Crippen molar-refractivity contribution in [1.29, 1.82) is 0 Å². The predicted molar refractivity (Wildman–Crippen MR) is 54.0 cm³/mol. The maximum Gasteiger partial charge on any atom is 0.402 e. The molecule has 0 spiro atoms. The molecule has 0 aromatic rings. The number of sulfonamides is 1. The van der Waals surface area contributed by atoms with Crippen LogP contribution < -0.4 is 0 Å². The Morgan fingerprint density at radius 3 is 2.24 bits per heavy atom. The van der Waals surface area contributed by atoms with E-state index in [0.717, 1.165) is 0 Å². The molecule has 9 heteroatoms. The number of carbonyl (C=O) groups is 1. The van der Waals surface area contributed by atoms with Crippen LogP contribution in [0.2, 0.25) is 0 Å². The number of rotatable bonds is 7. The van der Waals surface area contributed by atoms with E-state index in [1.54, 1.807) is 0 Å². The van der Waals surface area contributed by atoms with Crippen LogP contribution in [0, 0.1) is 0 Å². The van der Waals surface area contributed by atoms with E-state index in [4.69, 9.17) is 5.11 Å². The maximum atomic E-state index is 12.1. The molecule has 0 rings (SSSR count). The molecule has 0 aliphatic carbocycles. The van der Waals surface area contributed by atoms with E-state index in [1.165, 1.54) is 6.92 Å². The summed E-state index contributed by atoms with van der Waals surface area (Å²) in [7, 11) is -4.05. The summed E-state index contributed by atoms with van der Waals surface area (Å²) in [5.41, 5.74) is 0. The van der Waals surface area contributed by atoms with Gasteiger partial charge in [-0.3, -0.25) is 4.79 Å². The molecular weight excluding hydrogens is 263 g/mol. The van der Waals surface area contributed by atoms with Crippen molar-refractivity contribution in [3.05, 3.63) is 0 Å². The zero-order valence-electron chi connectivity index (χ0n) is 9.20. The van der Waals surface area contributed by atoms with Gasteiger partial charge in [-0.2, -0.15) is 17.5 Å². The topological polar surface area (TPSA) is 74.7 Å². The number of hydrogen-bond acceptors (Lipinski definition) is 3. The molecule has 0 atom stereocenters. The minimum absolute atomic E-state index is 0.202. The van der Waals surface area contributed by atoms with E-state index in [-0.39, 0.29) is 19.4 Å². The highest BCUT2D eigenvalue weighted by Crippen LogP contribution is 2.18. The average molecular weight is 277 g/mol. The van der Waals surface area contributed by atoms with E-state index in [2.05, 4.69) is 0 Å². The van der Waals surface area contributed by atoms with E-state index < -0.39 is 34.5 Å². The Balaban J connectivity index is 4.49. The summed E-state index contributed by atoms with van der Waals surface area (Å²) in [5, 5.41) is 8.30. The molecule has 0 heterocycles. The molecule has 0 aliphatic rings. The average Bonchev–Trinajstić information content (AvgIpc) is 2.11. The number of carboxylic acids is 1. The van der Waals surface area contributed by atoms with Gasteiger partial charge in [-0.1, -0.05) is 6.92 Å². The van der Waals surface area contributed by atoms with E-state index >= 15 is 0 Å². The van der Waals surface area contributed by atoms with Crippen molar-refractivity contribution in [2.24, 2.45) is 0 Å². The summed E-state index contributed by atoms with van der Waals surface area (Å²) in [4.78, 5) is 10.2. The second-order valence-corrected chi connectivity index (χ2v) is 5.44. The van der Waals surface area contributed by atoms with Crippen LogP contribution >= 0.6 is 0 Å². The zero-order chi connectivity index (χ0) is 13.7. The van der Waals surface area contributed by atoms with Gasteiger partial charge in [0, 0.05) is 13.0 Å². The van der Waals surface area contributed by atoms with Gasteiger partial charge >= 0.3 is 12.1 Å². The molecule has 5 nitrogen and oxygen atoms in total. The summed E-state index contributed by atoms with van der Waals surface area (Å²) < 4.78 is 59.4. The Hall–Kier alpha value is -0.830. The molecule has 0 aromatic carbocycles. The number of aliphatic carboxylic acids is 1. The highest BCUT2D eigenvalue weighted by molar-refractivity contribution is 7.89. The van der Waals surface area contributed by atoms with Crippen molar-refractivity contribution in [2.75, 3.05) is 18.8 Å². The van der Waals surface area contributed by atoms with Gasteiger partial charge in [0.1, 0.15) is 6.54 Å². The lowest BCUT2D eigenvalue weighted by molar-refractivity contribution is -0.137. The Labute approximate surface area is 97.3 Å². The number of nitrogens with zero attached hydrogens (tertiary/aromatic N) is 1. The van der Waals surface area contributed by atoms with Crippen molar-refractivity contribution < 1.29 is 31.5 Å². The molecule has 0 fully saturated rings. The number of halogens is 3. The smallest absolute Gasteiger partial charge is 0.402 e. The molecule has 0 saturated carbocycles. The predicted octanol–water partition coefficient (Wildman–Crippen LogP) is 1.07. The van der Waals surface area contributed by atoms with Gasteiger partial charge in [0.15, 0.2) is 0 Å². The fraction of sp³-hybridized carbons (Fsp3) is 0.875. The Bertz CT molecular complexity index is 352. The van der Waals surface area contributed by atoms with Crippen LogP contribution in [0.25, 0.3) is 0 Å². The number of carboxylic acid groups (broad SMARTS) is 1. The van der Waals surface area contributed by atoms with Crippen LogP contribution in [0.5, 0.6) is 0 Å². The summed E-state index contributed by atoms with van der Waals surface area (Å²) in [6.45, 7) is -0.547. The summed E-state index contributed by atoms with van der Waals surface area (Å²) in [6, 6.07) is 0. The molecular formula is C8H14F3NO4S. The van der Waals surface area contributed by atoms with Crippen molar-refractivity contribution in [2.45, 2.75) is 25.9 Å². The highest BCUT2D eigenvalue weighted by Gasteiger charge is 2.35. The molecule has 0 radical (unpaired) electrons. The number of alkyl halides is 3. The first-order chi connectivity index (χ1) is 7.58. The molecule has 0 saturated heterocycles. The summed E-state index contributed by atoms with van der Waals surface area (Å²) in [6.07, 6.45) is -5.19. The molecule has 0 amide bonds. The quantitative estimate of drug-likeness (QED) is 0.755. The molecule has 0 aromatic heterocycles. The monoisotopic (exact) mass is 277 g/mol. The van der Waals surface area contributed by atoms with Crippen molar-refractivity contribution >= 4 is 16.0 Å². The molecule has 0 bridgehead atoms. The van der Waals surface area contributed by atoms with Gasteiger partial charge in [-0.05, 0) is 6.42 Å². The molecule has 17 heavy (non-hydrogen) atoms. The third-order valence-corrected chi connectivity index (χ3v) is 3.87. The van der Waals surface area contributed by atoms with Gasteiger partial charge in [0.05, 0.1) is 5.75 Å². The third kappa shape index (κ3) is 7.16. The lowest BCUT2D eigenvalue weighted by Gasteiger charge is -2.21. The lowest BCUT2D eigenvalue weighted by atomic mass is 10.3. The van der Waals surface area contributed by atoms with Crippen molar-refractivity contribution in [1.82, 2.24) is 4.31 Å². The third-order valence-electron chi connectivity index (χ3n) is 1.89. The van der Waals surface area contributed by atoms with E-state index in [9.17, 15) is 26.4 Å². The molecule has 1 N–H and O–H groups in total. The standard InChI is InChI=1S/C8H14F3NO4S/c1-2-12(6-8(9,10)11)17(15,16)5-3-4-7(13)14/h2-6H2,1H3,(H,13,14). The fourth-order valence-electron chi connectivity index (χ4n) is 1.14. The molecule has 0 unspecified atom stereocenters. The molecule has 0 aliphatic heterocycles. The van der Waals surface area contributed by atoms with Crippen LogP contribution in [0.4, 0.5) is 13.2 Å². The van der Waals surface area contributed by atoms with Gasteiger partial charge in [-0.25, -0.2) is 8.42 Å². The van der Waals surface area contributed by atoms with Crippen molar-refractivity contribution in [3.8, 4) is 0 Å². The van der Waals surface area contributed by atoms with Crippen LogP contribution in [-0.2, 0) is 14.8 Å². The fourth-order valence-corrected chi connectivity index (χ4v) is 2.65. The summed E-state index contributed by atoms with van der Waals surface area (Å²) >= 11 is 0. The van der Waals surface area contributed by atoms with Crippen LogP contribution in [0.1, 0.15) is 19.8 Å². The van der Waals surface area contributed by atoms with Gasteiger partial charge in [0.25, 0.3) is 0 Å². The largest absolute Gasteiger partial charge is 0.481 e. The normalized spacial score (nSPS) is 13.0. The first kappa shape index (κ1) is 16.2. The minimum Gasteiger partial charge on any atom is -0.481 e. The Kier molecular flexibility index (Phi) is 5.89. The van der Waals surface area contributed by atoms with E-state index in [1.807, 2.05) is 0 Å². The Morgan fingerprint density at radius 1 is 1.35 bits per heavy atom. The summed E-state index contributed by atoms with van der Waals surface area (Å²) in [5.74, 6) is -1.78. The Morgan fingerprint density at radius 2 is 1.88 bits per heavy atom. The zero-order valence-corrected chi connectivity index (χ0v) is 10.0. The maximum absolute atomic E-state index is 12.1. The minimum atomic E-state index is -4.60.